The summed E-state index contributed by atoms with van der Waals surface area (Å²) in [5.41, 5.74) is 0.969. The molecule has 1 spiro atoms. The SMILES string of the molecule is C=CCOC(=O)N1CCc2ccc(OC)c3c2C2(CC1)C(O)CCC(=O)C2O3. The minimum Gasteiger partial charge on any atom is -0.493 e. The summed E-state index contributed by atoms with van der Waals surface area (Å²) in [7, 11) is 1.56. The summed E-state index contributed by atoms with van der Waals surface area (Å²) in [6.07, 6.45) is 1.28. The Morgan fingerprint density at radius 2 is 2.25 bits per heavy atom. The van der Waals surface area contributed by atoms with E-state index in [-0.39, 0.29) is 18.8 Å². The van der Waals surface area contributed by atoms with Gasteiger partial charge < -0.3 is 24.2 Å². The number of methoxy groups -OCH3 is 1. The molecule has 4 rings (SSSR count). The second-order valence-electron chi connectivity index (χ2n) is 7.54. The van der Waals surface area contributed by atoms with Gasteiger partial charge in [0.1, 0.15) is 6.61 Å². The Morgan fingerprint density at radius 3 is 3.00 bits per heavy atom. The number of hydrogen-bond donors (Lipinski definition) is 1. The number of carbonyl (C=O) groups is 2. The van der Waals surface area contributed by atoms with Gasteiger partial charge in [0.15, 0.2) is 23.4 Å². The first kappa shape index (κ1) is 18.8. The van der Waals surface area contributed by atoms with Gasteiger partial charge in [-0.25, -0.2) is 4.79 Å². The first-order valence-corrected chi connectivity index (χ1v) is 9.63. The number of Topliss-reactive ketones (excluding diaryl/α,β-unsaturated/α-hetero) is 1. The van der Waals surface area contributed by atoms with Crippen LogP contribution in [0.2, 0.25) is 0 Å². The predicted molar refractivity (Wildman–Crippen MR) is 101 cm³/mol. The van der Waals surface area contributed by atoms with Crippen molar-refractivity contribution >= 4 is 11.9 Å². The first-order chi connectivity index (χ1) is 13.5. The van der Waals surface area contributed by atoms with Crippen LogP contribution in [0.1, 0.15) is 30.4 Å². The van der Waals surface area contributed by atoms with Gasteiger partial charge in [0, 0.05) is 25.1 Å². The number of benzene rings is 1. The summed E-state index contributed by atoms with van der Waals surface area (Å²) in [5.74, 6) is 1.10. The molecular weight excluding hydrogens is 362 g/mol. The highest BCUT2D eigenvalue weighted by Crippen LogP contribution is 2.56. The zero-order valence-electron chi connectivity index (χ0n) is 16.0. The molecule has 7 nitrogen and oxygen atoms in total. The lowest BCUT2D eigenvalue weighted by atomic mass is 9.62. The molecular formula is C21H25NO6. The number of aliphatic hydroxyl groups is 1. The Hall–Kier alpha value is -2.54. The van der Waals surface area contributed by atoms with E-state index in [0.717, 1.165) is 11.1 Å². The third-order valence-corrected chi connectivity index (χ3v) is 6.18. The van der Waals surface area contributed by atoms with Crippen molar-refractivity contribution in [2.75, 3.05) is 26.8 Å². The fraction of sp³-hybridized carbons (Fsp3) is 0.524. The van der Waals surface area contributed by atoms with Gasteiger partial charge in [-0.2, -0.15) is 0 Å². The van der Waals surface area contributed by atoms with Crippen molar-refractivity contribution in [1.29, 1.82) is 0 Å². The maximum Gasteiger partial charge on any atom is 0.410 e. The molecule has 1 fully saturated rings. The minimum atomic E-state index is -0.869. The molecule has 2 heterocycles. The van der Waals surface area contributed by atoms with Crippen molar-refractivity contribution < 1.29 is 28.9 Å². The average Bonchev–Trinajstić information content (AvgIpc) is 3.04. The summed E-state index contributed by atoms with van der Waals surface area (Å²) in [4.78, 5) is 26.8. The largest absolute Gasteiger partial charge is 0.493 e. The first-order valence-electron chi connectivity index (χ1n) is 9.63. The summed E-state index contributed by atoms with van der Waals surface area (Å²) >= 11 is 0. The normalized spacial score (nSPS) is 28.4. The van der Waals surface area contributed by atoms with Crippen LogP contribution < -0.4 is 9.47 Å². The zero-order chi connectivity index (χ0) is 19.9. The number of ether oxygens (including phenoxy) is 3. The fourth-order valence-electron chi connectivity index (χ4n) is 4.83. The molecule has 3 atom stereocenters. The topological polar surface area (TPSA) is 85.3 Å². The van der Waals surface area contributed by atoms with Crippen molar-refractivity contribution in [2.45, 2.75) is 43.3 Å². The monoisotopic (exact) mass is 387 g/mol. The molecule has 1 amide bonds. The molecule has 1 N–H and O–H groups in total. The number of ketones is 1. The summed E-state index contributed by atoms with van der Waals surface area (Å²) in [6, 6.07) is 3.76. The smallest absolute Gasteiger partial charge is 0.410 e. The van der Waals surface area contributed by atoms with Gasteiger partial charge in [-0.15, -0.1) is 0 Å². The highest BCUT2D eigenvalue weighted by atomic mass is 16.6. The average molecular weight is 387 g/mol. The van der Waals surface area contributed by atoms with E-state index in [9.17, 15) is 14.7 Å². The number of carbonyl (C=O) groups excluding carboxylic acids is 2. The molecule has 3 aliphatic rings. The molecule has 1 aliphatic carbocycles. The van der Waals surface area contributed by atoms with Crippen molar-refractivity contribution in [2.24, 2.45) is 0 Å². The lowest BCUT2D eigenvalue weighted by Crippen LogP contribution is -2.57. The number of rotatable bonds is 3. The molecule has 150 valence electrons. The van der Waals surface area contributed by atoms with E-state index in [1.807, 2.05) is 12.1 Å². The summed E-state index contributed by atoms with van der Waals surface area (Å²) in [5, 5.41) is 11.1. The van der Waals surface area contributed by atoms with E-state index in [1.165, 1.54) is 6.08 Å². The van der Waals surface area contributed by atoms with E-state index in [1.54, 1.807) is 12.0 Å². The van der Waals surface area contributed by atoms with Crippen LogP contribution in [-0.2, 0) is 21.4 Å². The van der Waals surface area contributed by atoms with Gasteiger partial charge in [0.2, 0.25) is 0 Å². The van der Waals surface area contributed by atoms with Crippen molar-refractivity contribution in [1.82, 2.24) is 4.90 Å². The molecule has 1 aromatic rings. The van der Waals surface area contributed by atoms with Crippen LogP contribution in [-0.4, -0.2) is 60.9 Å². The molecule has 7 heteroatoms. The van der Waals surface area contributed by atoms with E-state index >= 15 is 0 Å². The van der Waals surface area contributed by atoms with Crippen molar-refractivity contribution in [3.63, 3.8) is 0 Å². The number of hydrogen-bond acceptors (Lipinski definition) is 6. The standard InChI is InChI=1S/C21H25NO6/c1-3-12-27-20(25)22-10-8-13-4-6-15(26-2)18-17(13)21(9-11-22)16(24)7-5-14(23)19(21)28-18/h3-4,6,16,19,24H,1,5,7-12H2,2H3. The van der Waals surface area contributed by atoms with Crippen LogP contribution in [0.4, 0.5) is 4.79 Å². The number of nitrogens with zero attached hydrogens (tertiary/aromatic N) is 1. The van der Waals surface area contributed by atoms with Crippen molar-refractivity contribution in [3.8, 4) is 11.5 Å². The van der Waals surface area contributed by atoms with Crippen LogP contribution in [0.5, 0.6) is 11.5 Å². The predicted octanol–water partition coefficient (Wildman–Crippen LogP) is 1.99. The molecule has 0 saturated heterocycles. The molecule has 3 unspecified atom stereocenters. The maximum absolute atomic E-state index is 12.8. The highest BCUT2D eigenvalue weighted by molar-refractivity contribution is 5.89. The van der Waals surface area contributed by atoms with Crippen LogP contribution in [0, 0.1) is 0 Å². The maximum atomic E-state index is 12.8. The van der Waals surface area contributed by atoms with Gasteiger partial charge in [0.05, 0.1) is 18.6 Å². The number of aliphatic hydroxyl groups excluding tert-OH is 1. The quantitative estimate of drug-likeness (QED) is 0.799. The lowest BCUT2D eigenvalue weighted by Gasteiger charge is -2.43. The number of amides is 1. The summed E-state index contributed by atoms with van der Waals surface area (Å²) < 4.78 is 16.8. The third kappa shape index (κ3) is 2.68. The molecule has 0 bridgehead atoms. The second kappa shape index (κ2) is 7.13. The third-order valence-electron chi connectivity index (χ3n) is 6.18. The Kier molecular flexibility index (Phi) is 4.79. The fourth-order valence-corrected chi connectivity index (χ4v) is 4.83. The van der Waals surface area contributed by atoms with Crippen LogP contribution in [0.25, 0.3) is 0 Å². The molecule has 0 aromatic heterocycles. The van der Waals surface area contributed by atoms with Crippen LogP contribution >= 0.6 is 0 Å². The van der Waals surface area contributed by atoms with E-state index in [4.69, 9.17) is 14.2 Å². The Labute approximate surface area is 163 Å². The Balaban J connectivity index is 1.79. The lowest BCUT2D eigenvalue weighted by molar-refractivity contribution is -0.136. The Bertz CT molecular complexity index is 821. The van der Waals surface area contributed by atoms with Gasteiger partial charge in [0.25, 0.3) is 0 Å². The molecule has 28 heavy (non-hydrogen) atoms. The molecule has 1 saturated carbocycles. The van der Waals surface area contributed by atoms with Crippen LogP contribution in [0.15, 0.2) is 24.8 Å². The van der Waals surface area contributed by atoms with E-state index in [2.05, 4.69) is 6.58 Å². The van der Waals surface area contributed by atoms with Gasteiger partial charge in [-0.1, -0.05) is 18.7 Å². The van der Waals surface area contributed by atoms with Crippen molar-refractivity contribution in [3.05, 3.63) is 35.9 Å². The van der Waals surface area contributed by atoms with Crippen LogP contribution in [0.3, 0.4) is 0 Å². The van der Waals surface area contributed by atoms with E-state index < -0.39 is 23.7 Å². The molecule has 2 aliphatic heterocycles. The summed E-state index contributed by atoms with van der Waals surface area (Å²) in [6.45, 7) is 4.57. The van der Waals surface area contributed by atoms with Gasteiger partial charge in [-0.05, 0) is 30.9 Å². The van der Waals surface area contributed by atoms with Gasteiger partial charge >= 0.3 is 6.09 Å². The van der Waals surface area contributed by atoms with Gasteiger partial charge in [-0.3, -0.25) is 4.79 Å². The Morgan fingerprint density at radius 1 is 1.43 bits per heavy atom. The highest BCUT2D eigenvalue weighted by Gasteiger charge is 2.60. The molecule has 1 aromatic carbocycles. The minimum absolute atomic E-state index is 0.0177. The zero-order valence-corrected chi connectivity index (χ0v) is 16.0. The van der Waals surface area contributed by atoms with E-state index in [0.29, 0.717) is 43.9 Å². The molecule has 0 radical (unpaired) electrons. The second-order valence-corrected chi connectivity index (χ2v) is 7.54.